The molecule has 12 nitrogen and oxygen atoms in total. The maximum absolute atomic E-state index is 13.0. The Hall–Kier alpha value is -3.95. The summed E-state index contributed by atoms with van der Waals surface area (Å²) in [6, 6.07) is 13.0. The van der Waals surface area contributed by atoms with Crippen LogP contribution in [0.25, 0.3) is 10.8 Å². The number of carbonyl (C=O) groups is 2. The second-order valence-electron chi connectivity index (χ2n) is 8.05. The number of hydrogen-bond donors (Lipinski definition) is 5. The van der Waals surface area contributed by atoms with E-state index < -0.39 is 41.8 Å². The molecule has 3 aromatic carbocycles. The van der Waals surface area contributed by atoms with Crippen LogP contribution >= 0.6 is 11.8 Å². The van der Waals surface area contributed by atoms with Gasteiger partial charge >= 0.3 is 0 Å². The quantitative estimate of drug-likeness (QED) is 0.161. The van der Waals surface area contributed by atoms with Gasteiger partial charge in [-0.3, -0.25) is 23.5 Å². The summed E-state index contributed by atoms with van der Waals surface area (Å²) >= 11 is 5.57. The Morgan fingerprint density at radius 1 is 0.816 bits per heavy atom. The monoisotopic (exact) mass is 578 g/mol. The first-order valence-corrected chi connectivity index (χ1v) is 13.8. The average Bonchev–Trinajstić information content (AvgIpc) is 3.23. The van der Waals surface area contributed by atoms with Gasteiger partial charge in [-0.25, -0.2) is 0 Å². The largest absolute Gasteiger partial charge is 0.344 e. The molecule has 1 aromatic heterocycles. The molecule has 4 aromatic rings. The van der Waals surface area contributed by atoms with Crippen LogP contribution in [0.5, 0.6) is 0 Å². The minimum absolute atomic E-state index is 0.0332. The van der Waals surface area contributed by atoms with E-state index in [0.717, 1.165) is 12.1 Å². The number of aromatic nitrogens is 1. The third-order valence-corrected chi connectivity index (χ3v) is 7.57. The summed E-state index contributed by atoms with van der Waals surface area (Å²) in [4.78, 5) is 26.7. The SMILES string of the molecule is Cn1cc(NCl)cc1C(=O)Nc1cccc(C(=O)Nc2ccc3c(S(=O)(=O)O)cccc3c2S(=O)(=O)O)c1. The van der Waals surface area contributed by atoms with Crippen LogP contribution in [0.2, 0.25) is 0 Å². The molecule has 0 bridgehead atoms. The van der Waals surface area contributed by atoms with E-state index in [1.807, 2.05) is 0 Å². The molecule has 0 unspecified atom stereocenters. The smallest absolute Gasteiger partial charge is 0.297 e. The van der Waals surface area contributed by atoms with Crippen LogP contribution in [0.4, 0.5) is 17.1 Å². The lowest BCUT2D eigenvalue weighted by Crippen LogP contribution is -2.17. The van der Waals surface area contributed by atoms with Gasteiger partial charge in [-0.15, -0.1) is 0 Å². The lowest BCUT2D eigenvalue weighted by atomic mass is 10.1. The molecule has 0 aliphatic carbocycles. The van der Waals surface area contributed by atoms with Crippen molar-refractivity contribution in [2.24, 2.45) is 7.05 Å². The summed E-state index contributed by atoms with van der Waals surface area (Å²) in [6.45, 7) is 0. The highest BCUT2D eigenvalue weighted by molar-refractivity contribution is 7.86. The fraction of sp³-hybridized carbons (Fsp3) is 0.0435. The molecule has 15 heteroatoms. The van der Waals surface area contributed by atoms with Gasteiger partial charge in [-0.2, -0.15) is 16.8 Å². The molecule has 1 heterocycles. The molecule has 0 aliphatic heterocycles. The van der Waals surface area contributed by atoms with E-state index in [2.05, 4.69) is 15.5 Å². The Morgan fingerprint density at radius 2 is 1.53 bits per heavy atom. The van der Waals surface area contributed by atoms with Crippen LogP contribution < -0.4 is 15.5 Å². The fourth-order valence-electron chi connectivity index (χ4n) is 3.87. The number of hydrogen-bond acceptors (Lipinski definition) is 7. The van der Waals surface area contributed by atoms with Crippen molar-refractivity contribution in [2.45, 2.75) is 9.79 Å². The van der Waals surface area contributed by atoms with Crippen LogP contribution in [0.15, 0.2) is 76.7 Å². The number of carbonyl (C=O) groups excluding carboxylic acids is 2. The van der Waals surface area contributed by atoms with E-state index >= 15 is 0 Å². The van der Waals surface area contributed by atoms with Crippen molar-refractivity contribution in [2.75, 3.05) is 15.5 Å². The van der Waals surface area contributed by atoms with Gasteiger partial charge in [0.2, 0.25) is 0 Å². The number of aryl methyl sites for hydroxylation is 1. The van der Waals surface area contributed by atoms with Crippen LogP contribution in [0, 0.1) is 0 Å². The molecule has 0 aliphatic rings. The van der Waals surface area contributed by atoms with Crippen molar-refractivity contribution < 1.29 is 35.5 Å². The van der Waals surface area contributed by atoms with Gasteiger partial charge in [0.25, 0.3) is 32.1 Å². The Labute approximate surface area is 221 Å². The van der Waals surface area contributed by atoms with Crippen LogP contribution in [0.3, 0.4) is 0 Å². The molecule has 0 fully saturated rings. The van der Waals surface area contributed by atoms with E-state index in [9.17, 15) is 35.5 Å². The summed E-state index contributed by atoms with van der Waals surface area (Å²) in [6.07, 6.45) is 1.60. The highest BCUT2D eigenvalue weighted by Crippen LogP contribution is 2.34. The molecule has 0 saturated carbocycles. The van der Waals surface area contributed by atoms with Gasteiger partial charge in [0, 0.05) is 47.0 Å². The number of benzene rings is 3. The lowest BCUT2D eigenvalue weighted by Gasteiger charge is -2.14. The van der Waals surface area contributed by atoms with Crippen molar-refractivity contribution in [1.82, 2.24) is 4.57 Å². The number of halogens is 1. The van der Waals surface area contributed by atoms with E-state index in [1.165, 1.54) is 48.5 Å². The third kappa shape index (κ3) is 5.49. The second-order valence-corrected chi connectivity index (χ2v) is 11.0. The van der Waals surface area contributed by atoms with Crippen molar-refractivity contribution >= 4 is 71.7 Å². The summed E-state index contributed by atoms with van der Waals surface area (Å²) in [7, 11) is -8.05. The number of nitrogens with zero attached hydrogens (tertiary/aromatic N) is 1. The zero-order valence-corrected chi connectivity index (χ0v) is 21.7. The third-order valence-electron chi connectivity index (χ3n) is 5.49. The molecule has 0 atom stereocenters. The Morgan fingerprint density at radius 3 is 2.16 bits per heavy atom. The Bertz CT molecular complexity index is 1820. The summed E-state index contributed by atoms with van der Waals surface area (Å²) in [5, 5.41) is 4.61. The summed E-state index contributed by atoms with van der Waals surface area (Å²) < 4.78 is 68.8. The molecule has 4 rings (SSSR count). The number of rotatable bonds is 7. The van der Waals surface area contributed by atoms with Crippen molar-refractivity contribution in [3.8, 4) is 0 Å². The lowest BCUT2D eigenvalue weighted by molar-refractivity contribution is 0.101. The number of fused-ring (bicyclic) bond motifs is 1. The molecule has 0 radical (unpaired) electrons. The van der Waals surface area contributed by atoms with Gasteiger partial charge in [0.1, 0.15) is 15.5 Å². The maximum Gasteiger partial charge on any atom is 0.297 e. The van der Waals surface area contributed by atoms with Gasteiger partial charge < -0.3 is 15.2 Å². The van der Waals surface area contributed by atoms with Gasteiger partial charge in [-0.05, 0) is 36.4 Å². The number of anilines is 3. The molecular weight excluding hydrogens is 560 g/mol. The first-order chi connectivity index (χ1) is 17.8. The van der Waals surface area contributed by atoms with Crippen molar-refractivity contribution in [3.63, 3.8) is 0 Å². The van der Waals surface area contributed by atoms with E-state index in [0.29, 0.717) is 5.69 Å². The Kier molecular flexibility index (Phi) is 7.18. The van der Waals surface area contributed by atoms with Crippen molar-refractivity contribution in [1.29, 1.82) is 0 Å². The van der Waals surface area contributed by atoms with Gasteiger partial charge in [0.15, 0.2) is 0 Å². The minimum atomic E-state index is -4.97. The first kappa shape index (κ1) is 27.1. The molecule has 5 N–H and O–H groups in total. The maximum atomic E-state index is 13.0. The van der Waals surface area contributed by atoms with E-state index in [1.54, 1.807) is 17.8 Å². The van der Waals surface area contributed by atoms with Crippen LogP contribution in [0.1, 0.15) is 20.8 Å². The zero-order chi connectivity index (χ0) is 27.8. The Balaban J connectivity index is 1.67. The van der Waals surface area contributed by atoms with Crippen molar-refractivity contribution in [3.05, 3.63) is 78.1 Å². The van der Waals surface area contributed by atoms with Gasteiger partial charge in [-0.1, -0.05) is 24.3 Å². The fourth-order valence-corrected chi connectivity index (χ4v) is 5.54. The number of amides is 2. The van der Waals surface area contributed by atoms with Crippen LogP contribution in [-0.2, 0) is 27.3 Å². The molecule has 38 heavy (non-hydrogen) atoms. The molecule has 2 amide bonds. The summed E-state index contributed by atoms with van der Waals surface area (Å²) in [5.41, 5.74) is 0.737. The molecule has 0 spiro atoms. The van der Waals surface area contributed by atoms with Gasteiger partial charge in [0.05, 0.1) is 11.4 Å². The first-order valence-electron chi connectivity index (χ1n) is 10.6. The molecular formula is C23H19ClN4O8S2. The minimum Gasteiger partial charge on any atom is -0.344 e. The highest BCUT2D eigenvalue weighted by Gasteiger charge is 2.24. The summed E-state index contributed by atoms with van der Waals surface area (Å²) in [5.74, 6) is -1.27. The molecule has 198 valence electrons. The molecule has 0 saturated heterocycles. The van der Waals surface area contributed by atoms with E-state index in [-0.39, 0.29) is 33.4 Å². The van der Waals surface area contributed by atoms with Crippen LogP contribution in [-0.4, -0.2) is 42.3 Å². The normalized spacial score (nSPS) is 11.8. The predicted octanol–water partition coefficient (Wildman–Crippen LogP) is 3.74. The van der Waals surface area contributed by atoms with E-state index in [4.69, 9.17) is 11.8 Å². The topological polar surface area (TPSA) is 184 Å². The average molecular weight is 579 g/mol. The highest BCUT2D eigenvalue weighted by atomic mass is 35.5. The zero-order valence-electron chi connectivity index (χ0n) is 19.3. The second kappa shape index (κ2) is 10.1. The number of nitrogens with one attached hydrogen (secondary N) is 3. The predicted molar refractivity (Wildman–Crippen MR) is 141 cm³/mol. The standard InChI is InChI=1S/C23H19ClN4O8S2/c1-28-12-15(27-24)11-19(28)23(30)25-14-5-2-4-13(10-14)22(29)26-18-9-8-16-17(21(18)38(34,35)36)6-3-7-20(16)37(31,32)33/h2-12,27H,1H3,(H,25,30)(H,26,29)(H,31,32,33)(H,34,35,36).